The Balaban J connectivity index is 2.19. The van der Waals surface area contributed by atoms with Crippen LogP contribution in [0.25, 0.3) is 0 Å². The molecule has 0 spiro atoms. The van der Waals surface area contributed by atoms with Gasteiger partial charge in [-0.2, -0.15) is 23.5 Å². The standard InChI is InChI=1S/C12H8F3N5O/c1-20-6-7(4-16)10(19-20)18-11(21)9-3-2-8(5-17-9)12(13,14)15/h2-3,5-6H,1H3,(H,18,19,21). The zero-order valence-corrected chi connectivity index (χ0v) is 10.6. The van der Waals surface area contributed by atoms with Crippen LogP contribution in [0.2, 0.25) is 0 Å². The highest BCUT2D eigenvalue weighted by molar-refractivity contribution is 6.02. The molecule has 2 heterocycles. The van der Waals surface area contributed by atoms with Crippen molar-refractivity contribution >= 4 is 11.7 Å². The van der Waals surface area contributed by atoms with Crippen molar-refractivity contribution in [3.63, 3.8) is 0 Å². The van der Waals surface area contributed by atoms with Crippen molar-refractivity contribution in [3.05, 3.63) is 41.3 Å². The Morgan fingerprint density at radius 1 is 1.43 bits per heavy atom. The fourth-order valence-corrected chi connectivity index (χ4v) is 1.53. The quantitative estimate of drug-likeness (QED) is 0.918. The molecule has 2 aromatic rings. The summed E-state index contributed by atoms with van der Waals surface area (Å²) in [5.41, 5.74) is -1.02. The Labute approximate surface area is 116 Å². The molecule has 6 nitrogen and oxygen atoms in total. The van der Waals surface area contributed by atoms with E-state index in [9.17, 15) is 18.0 Å². The molecule has 108 valence electrons. The van der Waals surface area contributed by atoms with Crippen molar-refractivity contribution < 1.29 is 18.0 Å². The summed E-state index contributed by atoms with van der Waals surface area (Å²) in [6.07, 6.45) is -2.55. The summed E-state index contributed by atoms with van der Waals surface area (Å²) >= 11 is 0. The number of nitrogens with zero attached hydrogens (tertiary/aromatic N) is 4. The van der Waals surface area contributed by atoms with E-state index in [1.807, 2.05) is 6.07 Å². The summed E-state index contributed by atoms with van der Waals surface area (Å²) in [6.45, 7) is 0. The number of halogens is 3. The Bertz CT molecular complexity index is 712. The molecule has 0 atom stereocenters. The highest BCUT2D eigenvalue weighted by atomic mass is 19.4. The molecule has 2 rings (SSSR count). The van der Waals surface area contributed by atoms with E-state index in [-0.39, 0.29) is 17.1 Å². The SMILES string of the molecule is Cn1cc(C#N)c(NC(=O)c2ccc(C(F)(F)F)cn2)n1. The molecule has 0 unspecified atom stereocenters. The van der Waals surface area contributed by atoms with Gasteiger partial charge in [0, 0.05) is 19.4 Å². The second kappa shape index (κ2) is 5.24. The van der Waals surface area contributed by atoms with Gasteiger partial charge in [-0.05, 0) is 12.1 Å². The number of alkyl halides is 3. The fourth-order valence-electron chi connectivity index (χ4n) is 1.53. The van der Waals surface area contributed by atoms with Crippen LogP contribution >= 0.6 is 0 Å². The van der Waals surface area contributed by atoms with Crippen LogP contribution in [0.3, 0.4) is 0 Å². The molecule has 0 aliphatic rings. The molecule has 0 saturated carbocycles. The number of hydrogen-bond donors (Lipinski definition) is 1. The van der Waals surface area contributed by atoms with Gasteiger partial charge in [0.05, 0.1) is 5.56 Å². The summed E-state index contributed by atoms with van der Waals surface area (Å²) in [7, 11) is 1.56. The highest BCUT2D eigenvalue weighted by Crippen LogP contribution is 2.28. The predicted octanol–water partition coefficient (Wildman–Crippen LogP) is 1.96. The van der Waals surface area contributed by atoms with Crippen LogP contribution in [0.1, 0.15) is 21.6 Å². The zero-order chi connectivity index (χ0) is 15.6. The molecule has 0 bridgehead atoms. The van der Waals surface area contributed by atoms with Gasteiger partial charge in [-0.15, -0.1) is 0 Å². The molecule has 0 aliphatic heterocycles. The third kappa shape index (κ3) is 3.17. The van der Waals surface area contributed by atoms with Crippen molar-refractivity contribution in [1.82, 2.24) is 14.8 Å². The van der Waals surface area contributed by atoms with E-state index in [0.717, 1.165) is 12.1 Å². The molecule has 0 aromatic carbocycles. The van der Waals surface area contributed by atoms with Crippen LogP contribution in [-0.4, -0.2) is 20.7 Å². The maximum atomic E-state index is 12.4. The van der Waals surface area contributed by atoms with E-state index in [4.69, 9.17) is 5.26 Å². The van der Waals surface area contributed by atoms with Crippen LogP contribution in [0.4, 0.5) is 19.0 Å². The lowest BCUT2D eigenvalue weighted by Crippen LogP contribution is -2.16. The Hall–Kier alpha value is -2.89. The topological polar surface area (TPSA) is 83.6 Å². The Morgan fingerprint density at radius 2 is 2.14 bits per heavy atom. The maximum absolute atomic E-state index is 12.4. The molecular formula is C12H8F3N5O. The van der Waals surface area contributed by atoms with Crippen LogP contribution in [0.5, 0.6) is 0 Å². The Morgan fingerprint density at radius 3 is 2.67 bits per heavy atom. The van der Waals surface area contributed by atoms with E-state index in [2.05, 4.69) is 15.4 Å². The molecule has 1 N–H and O–H groups in total. The predicted molar refractivity (Wildman–Crippen MR) is 65.1 cm³/mol. The number of nitrogens with one attached hydrogen (secondary N) is 1. The van der Waals surface area contributed by atoms with Gasteiger partial charge in [0.25, 0.3) is 5.91 Å². The van der Waals surface area contributed by atoms with E-state index >= 15 is 0 Å². The molecule has 0 saturated heterocycles. The smallest absolute Gasteiger partial charge is 0.303 e. The molecule has 0 aliphatic carbocycles. The van der Waals surface area contributed by atoms with Gasteiger partial charge in [-0.1, -0.05) is 0 Å². The van der Waals surface area contributed by atoms with Crippen molar-refractivity contribution in [3.8, 4) is 6.07 Å². The third-order valence-corrected chi connectivity index (χ3v) is 2.50. The van der Waals surface area contributed by atoms with Gasteiger partial charge in [-0.25, -0.2) is 0 Å². The van der Waals surface area contributed by atoms with E-state index in [1.54, 1.807) is 7.05 Å². The number of nitriles is 1. The molecule has 2 aromatic heterocycles. The number of carbonyl (C=O) groups is 1. The van der Waals surface area contributed by atoms with E-state index < -0.39 is 17.6 Å². The molecule has 21 heavy (non-hydrogen) atoms. The van der Waals surface area contributed by atoms with Crippen molar-refractivity contribution in [2.24, 2.45) is 7.05 Å². The number of aromatic nitrogens is 3. The molecule has 1 amide bonds. The Kier molecular flexibility index (Phi) is 3.62. The third-order valence-electron chi connectivity index (χ3n) is 2.50. The minimum absolute atomic E-state index is 0.0201. The lowest BCUT2D eigenvalue weighted by atomic mass is 10.2. The largest absolute Gasteiger partial charge is 0.417 e. The summed E-state index contributed by atoms with van der Waals surface area (Å²) in [4.78, 5) is 15.3. The average Bonchev–Trinajstić information content (AvgIpc) is 2.78. The van der Waals surface area contributed by atoms with Crippen molar-refractivity contribution in [2.45, 2.75) is 6.18 Å². The van der Waals surface area contributed by atoms with Gasteiger partial charge < -0.3 is 5.32 Å². The van der Waals surface area contributed by atoms with Crippen LogP contribution in [-0.2, 0) is 13.2 Å². The lowest BCUT2D eigenvalue weighted by molar-refractivity contribution is -0.137. The first-order valence-electron chi connectivity index (χ1n) is 5.59. The highest BCUT2D eigenvalue weighted by Gasteiger charge is 2.31. The minimum Gasteiger partial charge on any atom is -0.303 e. The summed E-state index contributed by atoms with van der Waals surface area (Å²) in [5.74, 6) is -0.731. The summed E-state index contributed by atoms with van der Waals surface area (Å²) < 4.78 is 38.5. The number of carbonyl (C=O) groups excluding carboxylic acids is 1. The van der Waals surface area contributed by atoms with Crippen molar-refractivity contribution in [2.75, 3.05) is 5.32 Å². The lowest BCUT2D eigenvalue weighted by Gasteiger charge is -2.06. The normalized spacial score (nSPS) is 11.0. The molecule has 9 heteroatoms. The summed E-state index contributed by atoms with van der Waals surface area (Å²) in [5, 5.41) is 15.0. The molecular weight excluding hydrogens is 287 g/mol. The second-order valence-corrected chi connectivity index (χ2v) is 4.06. The van der Waals surface area contributed by atoms with Gasteiger partial charge in [-0.3, -0.25) is 14.5 Å². The van der Waals surface area contributed by atoms with Crippen LogP contribution < -0.4 is 5.32 Å². The first kappa shape index (κ1) is 14.5. The molecule has 0 radical (unpaired) electrons. The zero-order valence-electron chi connectivity index (χ0n) is 10.6. The van der Waals surface area contributed by atoms with Gasteiger partial charge in [0.2, 0.25) is 0 Å². The monoisotopic (exact) mass is 295 g/mol. The summed E-state index contributed by atoms with van der Waals surface area (Å²) in [6, 6.07) is 3.54. The number of pyridine rings is 1. The number of hydrogen-bond acceptors (Lipinski definition) is 4. The second-order valence-electron chi connectivity index (χ2n) is 4.06. The molecule has 0 fully saturated rings. The number of amides is 1. The van der Waals surface area contributed by atoms with E-state index in [1.165, 1.54) is 10.9 Å². The van der Waals surface area contributed by atoms with Crippen molar-refractivity contribution in [1.29, 1.82) is 5.26 Å². The van der Waals surface area contributed by atoms with Gasteiger partial charge in [0.15, 0.2) is 5.82 Å². The minimum atomic E-state index is -4.52. The van der Waals surface area contributed by atoms with Crippen LogP contribution in [0, 0.1) is 11.3 Å². The fraction of sp³-hybridized carbons (Fsp3) is 0.167. The van der Waals surface area contributed by atoms with E-state index in [0.29, 0.717) is 6.20 Å². The number of rotatable bonds is 2. The van der Waals surface area contributed by atoms with Crippen LogP contribution in [0.15, 0.2) is 24.5 Å². The number of aryl methyl sites for hydroxylation is 1. The van der Waals surface area contributed by atoms with Gasteiger partial charge >= 0.3 is 6.18 Å². The first-order chi connectivity index (χ1) is 9.81. The van der Waals surface area contributed by atoms with Gasteiger partial charge in [0.1, 0.15) is 17.3 Å². The maximum Gasteiger partial charge on any atom is 0.417 e. The number of anilines is 1. The average molecular weight is 295 g/mol. The first-order valence-corrected chi connectivity index (χ1v) is 5.59.